The first-order valence-electron chi connectivity index (χ1n) is 3.79. The molecule has 0 aliphatic heterocycles. The molecule has 0 amide bonds. The number of carboxylic acid groups (broad SMARTS) is 2. The zero-order valence-electron chi connectivity index (χ0n) is 7.93. The summed E-state index contributed by atoms with van der Waals surface area (Å²) < 4.78 is 1.66. The van der Waals surface area contributed by atoms with E-state index in [-0.39, 0.29) is 5.56 Å². The lowest BCUT2D eigenvalue weighted by molar-refractivity contribution is -0.671. The number of aliphatic carboxylic acids is 1. The van der Waals surface area contributed by atoms with Gasteiger partial charge in [0.1, 0.15) is 7.05 Å². The van der Waals surface area contributed by atoms with Gasteiger partial charge in [-0.2, -0.15) is 0 Å². The number of aromatic nitrogens is 1. The van der Waals surface area contributed by atoms with Crippen molar-refractivity contribution in [2.75, 3.05) is 0 Å². The molecule has 0 fully saturated rings. The van der Waals surface area contributed by atoms with Crippen LogP contribution in [-0.4, -0.2) is 17.0 Å². The second-order valence-electron chi connectivity index (χ2n) is 2.56. The second kappa shape index (κ2) is 5.69. The fourth-order valence-electron chi connectivity index (χ4n) is 0.709. The number of nitrogens with zero attached hydrogens (tertiary/aromatic N) is 1. The van der Waals surface area contributed by atoms with E-state index in [1.54, 1.807) is 23.9 Å². The molecule has 1 N–H and O–H groups in total. The molecule has 1 rings (SSSR count). The van der Waals surface area contributed by atoms with Crippen LogP contribution in [0.15, 0.2) is 24.5 Å². The third kappa shape index (κ3) is 5.70. The van der Waals surface area contributed by atoms with Crippen molar-refractivity contribution in [3.05, 3.63) is 30.1 Å². The molecule has 0 saturated heterocycles. The van der Waals surface area contributed by atoms with E-state index in [4.69, 9.17) is 9.90 Å². The first kappa shape index (κ1) is 12.1. The molecular formula is C9H11NO4. The second-order valence-corrected chi connectivity index (χ2v) is 2.56. The highest BCUT2D eigenvalue weighted by atomic mass is 16.4. The largest absolute Gasteiger partial charge is 0.545 e. The van der Waals surface area contributed by atoms with E-state index >= 15 is 0 Å². The molecule has 1 heterocycles. The van der Waals surface area contributed by atoms with Gasteiger partial charge < -0.3 is 15.0 Å². The molecule has 0 atom stereocenters. The summed E-state index contributed by atoms with van der Waals surface area (Å²) in [6.45, 7) is 1.08. The number of carbonyl (C=O) groups is 2. The van der Waals surface area contributed by atoms with Gasteiger partial charge in [0.15, 0.2) is 12.4 Å². The van der Waals surface area contributed by atoms with Gasteiger partial charge in [-0.25, -0.2) is 4.57 Å². The summed E-state index contributed by atoms with van der Waals surface area (Å²) in [6.07, 6.45) is 3.25. The maximum Gasteiger partial charge on any atom is 0.300 e. The summed E-state index contributed by atoms with van der Waals surface area (Å²) in [5.41, 5.74) is 0.199. The van der Waals surface area contributed by atoms with Gasteiger partial charge in [0.25, 0.3) is 5.97 Å². The van der Waals surface area contributed by atoms with Crippen molar-refractivity contribution in [2.24, 2.45) is 7.05 Å². The van der Waals surface area contributed by atoms with E-state index in [0.717, 1.165) is 6.92 Å². The molecule has 1 aromatic rings. The number of aromatic carboxylic acids is 1. The van der Waals surface area contributed by atoms with Crippen LogP contribution in [0.2, 0.25) is 0 Å². The molecule has 0 aromatic carbocycles. The fraction of sp³-hybridized carbons (Fsp3) is 0.222. The number of aryl methyl sites for hydroxylation is 1. The highest BCUT2D eigenvalue weighted by Crippen LogP contribution is 1.89. The zero-order valence-corrected chi connectivity index (χ0v) is 7.93. The van der Waals surface area contributed by atoms with Gasteiger partial charge in [-0.3, -0.25) is 4.79 Å². The normalized spacial score (nSPS) is 8.43. The quantitative estimate of drug-likeness (QED) is 0.583. The Morgan fingerprint density at radius 3 is 2.29 bits per heavy atom. The molecule has 14 heavy (non-hydrogen) atoms. The van der Waals surface area contributed by atoms with Crippen molar-refractivity contribution in [2.45, 2.75) is 6.92 Å². The monoisotopic (exact) mass is 197 g/mol. The Hall–Kier alpha value is -1.91. The summed E-state index contributed by atoms with van der Waals surface area (Å²) in [5.74, 6) is -1.98. The van der Waals surface area contributed by atoms with Crippen LogP contribution < -0.4 is 9.67 Å². The van der Waals surface area contributed by atoms with Crippen LogP contribution in [0.3, 0.4) is 0 Å². The Kier molecular flexibility index (Phi) is 4.91. The summed E-state index contributed by atoms with van der Waals surface area (Å²) >= 11 is 0. The van der Waals surface area contributed by atoms with E-state index in [0.29, 0.717) is 0 Å². The summed E-state index contributed by atoms with van der Waals surface area (Å²) in [5, 5.41) is 17.6. The van der Waals surface area contributed by atoms with E-state index in [9.17, 15) is 9.90 Å². The van der Waals surface area contributed by atoms with Gasteiger partial charge >= 0.3 is 0 Å². The van der Waals surface area contributed by atoms with Crippen molar-refractivity contribution < 1.29 is 24.4 Å². The predicted molar refractivity (Wildman–Crippen MR) is 45.3 cm³/mol. The number of carbonyl (C=O) groups excluding carboxylic acids is 1. The molecule has 0 aliphatic carbocycles. The van der Waals surface area contributed by atoms with Crippen molar-refractivity contribution in [1.29, 1.82) is 0 Å². The maximum atomic E-state index is 10.2. The average molecular weight is 197 g/mol. The Morgan fingerprint density at radius 1 is 1.50 bits per heavy atom. The van der Waals surface area contributed by atoms with Gasteiger partial charge in [-0.05, 0) is 6.07 Å². The minimum absolute atomic E-state index is 0.199. The lowest BCUT2D eigenvalue weighted by atomic mass is 10.3. The Bertz CT molecular complexity index is 331. The average Bonchev–Trinajstić information content (AvgIpc) is 2.03. The Balaban J connectivity index is 0.000000364. The fourth-order valence-corrected chi connectivity index (χ4v) is 0.709. The molecule has 0 spiro atoms. The molecular weight excluding hydrogens is 186 g/mol. The van der Waals surface area contributed by atoms with Crippen LogP contribution in [0.1, 0.15) is 17.3 Å². The lowest BCUT2D eigenvalue weighted by Gasteiger charge is -1.96. The maximum absolute atomic E-state index is 10.2. The lowest BCUT2D eigenvalue weighted by Crippen LogP contribution is -2.31. The van der Waals surface area contributed by atoms with Crippen molar-refractivity contribution in [1.82, 2.24) is 0 Å². The van der Waals surface area contributed by atoms with Crippen LogP contribution >= 0.6 is 0 Å². The van der Waals surface area contributed by atoms with Gasteiger partial charge in [0.2, 0.25) is 0 Å². The molecule has 0 unspecified atom stereocenters. The number of pyridine rings is 1. The van der Waals surface area contributed by atoms with Gasteiger partial charge in [-0.1, -0.05) is 0 Å². The van der Waals surface area contributed by atoms with Crippen LogP contribution in [0.4, 0.5) is 0 Å². The van der Waals surface area contributed by atoms with Gasteiger partial charge in [0.05, 0.1) is 11.5 Å². The molecule has 1 aromatic heterocycles. The number of hydrogen-bond donors (Lipinski definition) is 1. The van der Waals surface area contributed by atoms with Crippen LogP contribution in [0, 0.1) is 0 Å². The molecule has 5 heteroatoms. The molecule has 0 radical (unpaired) electrons. The van der Waals surface area contributed by atoms with Crippen LogP contribution in [0.25, 0.3) is 0 Å². The third-order valence-electron chi connectivity index (χ3n) is 1.18. The van der Waals surface area contributed by atoms with Crippen molar-refractivity contribution in [3.8, 4) is 0 Å². The Morgan fingerprint density at radius 2 is 2.00 bits per heavy atom. The minimum atomic E-state index is -1.14. The van der Waals surface area contributed by atoms with E-state index in [1.807, 2.05) is 0 Å². The van der Waals surface area contributed by atoms with E-state index in [1.165, 1.54) is 12.3 Å². The summed E-state index contributed by atoms with van der Waals surface area (Å²) in [6, 6.07) is 3.15. The smallest absolute Gasteiger partial charge is 0.300 e. The topological polar surface area (TPSA) is 81.3 Å². The molecule has 0 bridgehead atoms. The molecule has 76 valence electrons. The van der Waals surface area contributed by atoms with Crippen LogP contribution in [-0.2, 0) is 11.8 Å². The van der Waals surface area contributed by atoms with Crippen LogP contribution in [0.5, 0.6) is 0 Å². The number of hydrogen-bond acceptors (Lipinski definition) is 3. The van der Waals surface area contributed by atoms with Crippen molar-refractivity contribution in [3.63, 3.8) is 0 Å². The van der Waals surface area contributed by atoms with E-state index in [2.05, 4.69) is 0 Å². The first-order chi connectivity index (χ1) is 6.43. The molecule has 0 saturated carbocycles. The SMILES string of the molecule is CC(=O)O.C[n+]1cccc(C(=O)[O-])c1. The first-order valence-corrected chi connectivity index (χ1v) is 3.79. The highest BCUT2D eigenvalue weighted by Gasteiger charge is 1.96. The van der Waals surface area contributed by atoms with Gasteiger partial charge in [-0.15, -0.1) is 0 Å². The highest BCUT2D eigenvalue weighted by molar-refractivity contribution is 5.84. The standard InChI is InChI=1S/C7H7NO2.C2H4O2/c1-8-4-2-3-6(5-8)7(9)10;1-2(3)4/h2-5H,1H3;1H3,(H,3,4). The number of carboxylic acids is 2. The van der Waals surface area contributed by atoms with E-state index < -0.39 is 11.9 Å². The summed E-state index contributed by atoms with van der Waals surface area (Å²) in [4.78, 5) is 19.2. The zero-order chi connectivity index (χ0) is 11.1. The molecule has 5 nitrogen and oxygen atoms in total. The third-order valence-corrected chi connectivity index (χ3v) is 1.18. The number of rotatable bonds is 1. The molecule has 0 aliphatic rings. The van der Waals surface area contributed by atoms with Gasteiger partial charge in [0, 0.05) is 13.0 Å². The summed E-state index contributed by atoms with van der Waals surface area (Å²) in [7, 11) is 1.76. The predicted octanol–water partition coefficient (Wildman–Crippen LogP) is -1.03. The van der Waals surface area contributed by atoms with Crippen molar-refractivity contribution >= 4 is 11.9 Å². The Labute approximate surface area is 81.2 Å². The minimum Gasteiger partial charge on any atom is -0.545 e.